The van der Waals surface area contributed by atoms with Crippen molar-refractivity contribution >= 4 is 29.4 Å². The van der Waals surface area contributed by atoms with E-state index in [-0.39, 0.29) is 44.5 Å². The van der Waals surface area contributed by atoms with Crippen LogP contribution in [0.4, 0.5) is 23.4 Å². The van der Waals surface area contributed by atoms with Gasteiger partial charge < -0.3 is 29.6 Å². The van der Waals surface area contributed by atoms with Crippen LogP contribution >= 0.6 is 11.8 Å². The zero-order valence-corrected chi connectivity index (χ0v) is 26.6. The molecular weight excluding hydrogens is 642 g/mol. The molecule has 2 amide bonds. The van der Waals surface area contributed by atoms with Gasteiger partial charge in [-0.25, -0.2) is 13.8 Å². The molecule has 1 unspecified atom stereocenters. The molecule has 1 aromatic carbocycles. The molecule has 4 heterocycles. The van der Waals surface area contributed by atoms with Gasteiger partial charge in [-0.2, -0.15) is 8.78 Å². The van der Waals surface area contributed by atoms with E-state index in [1.54, 1.807) is 48.7 Å². The lowest BCUT2D eigenvalue weighted by Gasteiger charge is -2.39. The minimum absolute atomic E-state index is 0.0198. The van der Waals surface area contributed by atoms with E-state index < -0.39 is 43.0 Å². The lowest BCUT2D eigenvalue weighted by Crippen LogP contribution is -2.58. The zero-order chi connectivity index (χ0) is 33.7. The average molecular weight is 676 g/mol. The van der Waals surface area contributed by atoms with Crippen molar-refractivity contribution < 1.29 is 36.6 Å². The molecule has 3 fully saturated rings. The second-order valence-corrected chi connectivity index (χ2v) is 13.8. The first-order valence-electron chi connectivity index (χ1n) is 15.0. The molecule has 0 radical (unpaired) electrons. The molecule has 3 aliphatic rings. The van der Waals surface area contributed by atoms with Crippen LogP contribution in [0.5, 0.6) is 5.75 Å². The summed E-state index contributed by atoms with van der Waals surface area (Å²) in [5.74, 6) is -4.76. The van der Waals surface area contributed by atoms with Crippen molar-refractivity contribution in [2.24, 2.45) is 0 Å². The fourth-order valence-electron chi connectivity index (χ4n) is 5.66. The SMILES string of the molecule is COC1S[C@@]1(C)CNCc1cc(C(=O)Nc2cc(-c3ccc(OC(F)F)cc3C(=O)N3CC(F)(F)C3)cc(C)n2)c(=O)n(C2CC2)c1. The van der Waals surface area contributed by atoms with Crippen LogP contribution in [-0.2, 0) is 11.3 Å². The highest BCUT2D eigenvalue weighted by molar-refractivity contribution is 8.08. The summed E-state index contributed by atoms with van der Waals surface area (Å²) in [7, 11) is 1.67. The number of aromatic nitrogens is 2. The third kappa shape index (κ3) is 7.31. The summed E-state index contributed by atoms with van der Waals surface area (Å²) in [6, 6.07) is 8.30. The predicted octanol–water partition coefficient (Wildman–Crippen LogP) is 5.07. The molecule has 47 heavy (non-hydrogen) atoms. The van der Waals surface area contributed by atoms with Gasteiger partial charge in [0, 0.05) is 38.1 Å². The summed E-state index contributed by atoms with van der Waals surface area (Å²) in [4.78, 5) is 45.4. The van der Waals surface area contributed by atoms with E-state index in [1.807, 2.05) is 0 Å². The minimum Gasteiger partial charge on any atom is -0.435 e. The summed E-state index contributed by atoms with van der Waals surface area (Å²) < 4.78 is 64.5. The van der Waals surface area contributed by atoms with E-state index >= 15 is 0 Å². The van der Waals surface area contributed by atoms with Gasteiger partial charge in [0.25, 0.3) is 23.3 Å². The Morgan fingerprint density at radius 3 is 2.51 bits per heavy atom. The van der Waals surface area contributed by atoms with Crippen LogP contribution in [0.3, 0.4) is 0 Å². The Balaban J connectivity index is 1.26. The maximum Gasteiger partial charge on any atom is 0.387 e. The Hall–Kier alpha value is -3.95. The number of methoxy groups -OCH3 is 1. The zero-order valence-electron chi connectivity index (χ0n) is 25.8. The number of thioether (sulfide) groups is 1. The molecule has 2 saturated heterocycles. The van der Waals surface area contributed by atoms with Gasteiger partial charge in [-0.1, -0.05) is 0 Å². The number of nitrogens with zero attached hydrogens (tertiary/aromatic N) is 3. The fraction of sp³-hybridized carbons (Fsp3) is 0.438. The third-order valence-electron chi connectivity index (χ3n) is 8.21. The molecular formula is C32H33F4N5O5S. The Bertz CT molecular complexity index is 1780. The molecule has 250 valence electrons. The molecule has 1 aliphatic carbocycles. The summed E-state index contributed by atoms with van der Waals surface area (Å²) in [6.45, 7) is 0.0729. The van der Waals surface area contributed by atoms with E-state index in [4.69, 9.17) is 4.74 Å². The van der Waals surface area contributed by atoms with Crippen molar-refractivity contribution in [3.63, 3.8) is 0 Å². The molecule has 3 aromatic rings. The predicted molar refractivity (Wildman–Crippen MR) is 167 cm³/mol. The van der Waals surface area contributed by atoms with Crippen LogP contribution in [0, 0.1) is 6.92 Å². The maximum atomic E-state index is 13.6. The first-order chi connectivity index (χ1) is 22.2. The lowest BCUT2D eigenvalue weighted by atomic mass is 9.97. The van der Waals surface area contributed by atoms with E-state index in [1.165, 1.54) is 18.2 Å². The second kappa shape index (κ2) is 12.6. The standard InChI is InChI=1S/C32H33F4N5O5S/c1-17-8-19(22-7-6-21(46-30(33)34)11-23(22)27(43)40-15-32(35,36)16-40)10-25(38-17)39-26(42)24-9-18(13-41(28(24)44)20-4-5-20)12-37-14-31(2)29(45-3)47-31/h6-11,13,20,29-30,37H,4-5,12,14-16H2,1-3H3,(H,38,39,42)/t29?,31-/m0/s1. The molecule has 2 aliphatic heterocycles. The number of benzene rings is 1. The van der Waals surface area contributed by atoms with Gasteiger partial charge in [-0.15, -0.1) is 11.8 Å². The molecule has 0 spiro atoms. The Morgan fingerprint density at radius 1 is 1.13 bits per heavy atom. The van der Waals surface area contributed by atoms with Crippen LogP contribution < -0.4 is 20.9 Å². The van der Waals surface area contributed by atoms with Gasteiger partial charge in [-0.3, -0.25) is 14.4 Å². The number of anilines is 1. The van der Waals surface area contributed by atoms with Crippen molar-refractivity contribution in [1.82, 2.24) is 19.8 Å². The molecule has 2 atom stereocenters. The quantitative estimate of drug-likeness (QED) is 0.202. The van der Waals surface area contributed by atoms with Crippen LogP contribution in [0.1, 0.15) is 57.8 Å². The number of aryl methyl sites for hydroxylation is 1. The number of carbonyl (C=O) groups excluding carboxylic acids is 2. The van der Waals surface area contributed by atoms with Crippen LogP contribution in [0.2, 0.25) is 0 Å². The third-order valence-corrected chi connectivity index (χ3v) is 9.78. The van der Waals surface area contributed by atoms with E-state index in [0.29, 0.717) is 24.3 Å². The topological polar surface area (TPSA) is 115 Å². The van der Waals surface area contributed by atoms with E-state index in [2.05, 4.69) is 27.3 Å². The normalized spacial score (nSPS) is 21.4. The molecule has 1 saturated carbocycles. The van der Waals surface area contributed by atoms with Gasteiger partial charge >= 0.3 is 6.61 Å². The van der Waals surface area contributed by atoms with E-state index in [9.17, 15) is 31.9 Å². The number of hydrogen-bond acceptors (Lipinski definition) is 8. The Kier molecular flexibility index (Phi) is 8.82. The monoisotopic (exact) mass is 675 g/mol. The fourth-order valence-corrected chi connectivity index (χ4v) is 6.54. The number of halogens is 4. The summed E-state index contributed by atoms with van der Waals surface area (Å²) in [5.41, 5.74) is 1.26. The first kappa shape index (κ1) is 33.0. The minimum atomic E-state index is -3.16. The lowest BCUT2D eigenvalue weighted by molar-refractivity contribution is -0.113. The van der Waals surface area contributed by atoms with Crippen molar-refractivity contribution in [3.8, 4) is 16.9 Å². The van der Waals surface area contributed by atoms with Crippen molar-refractivity contribution in [1.29, 1.82) is 0 Å². The highest BCUT2D eigenvalue weighted by Gasteiger charge is 2.51. The van der Waals surface area contributed by atoms with Crippen LogP contribution in [-0.4, -0.2) is 75.7 Å². The number of alkyl halides is 4. The number of hydrogen-bond donors (Lipinski definition) is 2. The second-order valence-electron chi connectivity index (χ2n) is 12.2. The summed E-state index contributed by atoms with van der Waals surface area (Å²) >= 11 is 1.72. The van der Waals surface area contributed by atoms with Crippen molar-refractivity contribution in [2.75, 3.05) is 32.1 Å². The number of pyridine rings is 2. The first-order valence-corrected chi connectivity index (χ1v) is 15.9. The van der Waals surface area contributed by atoms with E-state index in [0.717, 1.165) is 29.4 Å². The van der Waals surface area contributed by atoms with Gasteiger partial charge in [0.15, 0.2) is 0 Å². The molecule has 10 nitrogen and oxygen atoms in total. The number of ether oxygens (including phenoxy) is 2. The highest BCUT2D eigenvalue weighted by Crippen LogP contribution is 2.53. The maximum absolute atomic E-state index is 13.6. The summed E-state index contributed by atoms with van der Waals surface area (Å²) in [6.07, 6.45) is 3.45. The Morgan fingerprint density at radius 2 is 1.87 bits per heavy atom. The average Bonchev–Trinajstić information content (AvgIpc) is 3.92. The smallest absolute Gasteiger partial charge is 0.387 e. The molecule has 0 bridgehead atoms. The Labute approximate surface area is 271 Å². The van der Waals surface area contributed by atoms with Gasteiger partial charge in [0.1, 0.15) is 22.6 Å². The molecule has 2 N–H and O–H groups in total. The number of rotatable bonds is 12. The van der Waals surface area contributed by atoms with Gasteiger partial charge in [0.2, 0.25) is 0 Å². The summed E-state index contributed by atoms with van der Waals surface area (Å²) in [5, 5.41) is 6.08. The molecule has 6 rings (SSSR count). The number of carbonyl (C=O) groups is 2. The van der Waals surface area contributed by atoms with Gasteiger partial charge in [0.05, 0.1) is 23.4 Å². The number of nitrogens with one attached hydrogen (secondary N) is 2. The largest absolute Gasteiger partial charge is 0.435 e. The van der Waals surface area contributed by atoms with Crippen molar-refractivity contribution in [2.45, 2.75) is 62.0 Å². The van der Waals surface area contributed by atoms with Crippen LogP contribution in [0.25, 0.3) is 11.1 Å². The van der Waals surface area contributed by atoms with Crippen molar-refractivity contribution in [3.05, 3.63) is 75.3 Å². The van der Waals surface area contributed by atoms with Crippen LogP contribution in [0.15, 0.2) is 47.4 Å². The molecule has 2 aromatic heterocycles. The molecule has 15 heteroatoms. The van der Waals surface area contributed by atoms with Gasteiger partial charge in [-0.05, 0) is 79.8 Å². The number of amides is 2. The number of likely N-dealkylation sites (tertiary alicyclic amines) is 1. The highest BCUT2D eigenvalue weighted by atomic mass is 32.2.